The fourth-order valence-corrected chi connectivity index (χ4v) is 4.49. The predicted octanol–water partition coefficient (Wildman–Crippen LogP) is 4.94. The standard InChI is InChI=1S/C25H24ClN7O/c26-18-3-1-2-16(8-18)20-9-21(20)31-25(34)32-23-10-22(28-14-29-23)27-11-19-13-33-12-17(15-4-5-15)6-7-24(33)30-19/h1-3,6-8,10,12-15,20-21H,4-5,9,11H2,(H3,27,28,29,31,32,34). The number of carbonyl (C=O) groups excluding carboxylic acids is 1. The molecule has 2 amide bonds. The highest BCUT2D eigenvalue weighted by molar-refractivity contribution is 6.30. The number of amides is 2. The first kappa shape index (κ1) is 20.9. The SMILES string of the molecule is O=C(Nc1cc(NCc2cn3cc(C4CC4)ccc3n2)ncn1)NC1CC1c1cccc(Cl)c1. The van der Waals surface area contributed by atoms with Crippen LogP contribution in [0, 0.1) is 0 Å². The lowest BCUT2D eigenvalue weighted by molar-refractivity contribution is 0.251. The lowest BCUT2D eigenvalue weighted by Gasteiger charge is -2.09. The summed E-state index contributed by atoms with van der Waals surface area (Å²) in [6, 6.07) is 13.5. The van der Waals surface area contributed by atoms with Crippen LogP contribution >= 0.6 is 11.6 Å². The molecule has 3 N–H and O–H groups in total. The van der Waals surface area contributed by atoms with E-state index >= 15 is 0 Å². The van der Waals surface area contributed by atoms with Gasteiger partial charge in [-0.15, -0.1) is 0 Å². The van der Waals surface area contributed by atoms with Crippen LogP contribution in [0.15, 0.2) is 61.2 Å². The van der Waals surface area contributed by atoms with Gasteiger partial charge in [0.25, 0.3) is 0 Å². The Bertz CT molecular complexity index is 1370. The largest absolute Gasteiger partial charge is 0.364 e. The second kappa shape index (κ2) is 8.61. The first-order valence-corrected chi connectivity index (χ1v) is 11.8. The summed E-state index contributed by atoms with van der Waals surface area (Å²) in [7, 11) is 0. The summed E-state index contributed by atoms with van der Waals surface area (Å²) in [6.45, 7) is 0.520. The summed E-state index contributed by atoms with van der Waals surface area (Å²) >= 11 is 6.07. The lowest BCUT2D eigenvalue weighted by atomic mass is 10.1. The zero-order chi connectivity index (χ0) is 23.1. The maximum Gasteiger partial charge on any atom is 0.320 e. The Kier molecular flexibility index (Phi) is 5.30. The van der Waals surface area contributed by atoms with Crippen molar-refractivity contribution in [3.05, 3.63) is 83.0 Å². The molecule has 1 aromatic carbocycles. The first-order valence-electron chi connectivity index (χ1n) is 11.5. The molecule has 0 bridgehead atoms. The highest BCUT2D eigenvalue weighted by Crippen LogP contribution is 2.41. The minimum Gasteiger partial charge on any atom is -0.364 e. The number of hydrogen-bond donors (Lipinski definition) is 3. The fourth-order valence-electron chi connectivity index (χ4n) is 4.29. The Labute approximate surface area is 201 Å². The predicted molar refractivity (Wildman–Crippen MR) is 131 cm³/mol. The van der Waals surface area contributed by atoms with Gasteiger partial charge in [-0.1, -0.05) is 29.8 Å². The van der Waals surface area contributed by atoms with Crippen molar-refractivity contribution in [2.24, 2.45) is 0 Å². The number of nitrogens with one attached hydrogen (secondary N) is 3. The molecule has 2 aliphatic rings. The van der Waals surface area contributed by atoms with Crippen LogP contribution in [0.4, 0.5) is 16.4 Å². The number of pyridine rings is 1. The Morgan fingerprint density at radius 1 is 1.06 bits per heavy atom. The highest BCUT2D eigenvalue weighted by atomic mass is 35.5. The molecule has 0 aliphatic heterocycles. The van der Waals surface area contributed by atoms with Crippen LogP contribution < -0.4 is 16.0 Å². The molecule has 2 fully saturated rings. The summed E-state index contributed by atoms with van der Waals surface area (Å²) in [5.74, 6) is 2.04. The third kappa shape index (κ3) is 4.68. The molecule has 3 heterocycles. The zero-order valence-electron chi connectivity index (χ0n) is 18.4. The van der Waals surface area contributed by atoms with E-state index in [0.29, 0.717) is 29.1 Å². The van der Waals surface area contributed by atoms with Gasteiger partial charge in [-0.25, -0.2) is 19.7 Å². The lowest BCUT2D eigenvalue weighted by Crippen LogP contribution is -2.31. The second-order valence-electron chi connectivity index (χ2n) is 8.98. The Morgan fingerprint density at radius 3 is 2.79 bits per heavy atom. The molecule has 0 spiro atoms. The second-order valence-corrected chi connectivity index (χ2v) is 9.42. The van der Waals surface area contributed by atoms with Gasteiger partial charge in [0.15, 0.2) is 0 Å². The normalized spacial score (nSPS) is 19.1. The number of halogens is 1. The molecule has 2 saturated carbocycles. The number of fused-ring (bicyclic) bond motifs is 1. The topological polar surface area (TPSA) is 96.2 Å². The van der Waals surface area contributed by atoms with Crippen molar-refractivity contribution >= 4 is 34.9 Å². The van der Waals surface area contributed by atoms with Crippen molar-refractivity contribution in [1.29, 1.82) is 0 Å². The van der Waals surface area contributed by atoms with Crippen LogP contribution in [0.1, 0.15) is 47.9 Å². The number of rotatable bonds is 7. The summed E-state index contributed by atoms with van der Waals surface area (Å²) in [5, 5.41) is 9.75. The summed E-state index contributed by atoms with van der Waals surface area (Å²) < 4.78 is 2.08. The van der Waals surface area contributed by atoms with E-state index in [9.17, 15) is 4.79 Å². The number of hydrogen-bond acceptors (Lipinski definition) is 5. The average molecular weight is 474 g/mol. The molecule has 0 radical (unpaired) electrons. The Morgan fingerprint density at radius 2 is 1.94 bits per heavy atom. The minimum absolute atomic E-state index is 0.0911. The Balaban J connectivity index is 1.04. The number of carbonyl (C=O) groups is 1. The van der Waals surface area contributed by atoms with Crippen molar-refractivity contribution in [2.45, 2.75) is 43.7 Å². The maximum absolute atomic E-state index is 12.4. The van der Waals surface area contributed by atoms with E-state index in [-0.39, 0.29) is 18.0 Å². The van der Waals surface area contributed by atoms with Crippen LogP contribution in [0.5, 0.6) is 0 Å². The van der Waals surface area contributed by atoms with Crippen LogP contribution in [0.25, 0.3) is 5.65 Å². The van der Waals surface area contributed by atoms with Gasteiger partial charge in [0, 0.05) is 35.4 Å². The molecule has 4 aromatic rings. The van der Waals surface area contributed by atoms with Crippen molar-refractivity contribution in [3.8, 4) is 0 Å². The first-order chi connectivity index (χ1) is 16.6. The van der Waals surface area contributed by atoms with E-state index in [1.165, 1.54) is 24.7 Å². The van der Waals surface area contributed by atoms with E-state index in [1.54, 1.807) is 6.07 Å². The van der Waals surface area contributed by atoms with Crippen LogP contribution in [-0.2, 0) is 6.54 Å². The third-order valence-corrected chi connectivity index (χ3v) is 6.55. The van der Waals surface area contributed by atoms with E-state index < -0.39 is 0 Å². The zero-order valence-corrected chi connectivity index (χ0v) is 19.2. The average Bonchev–Trinajstić information content (AvgIpc) is 3.75. The van der Waals surface area contributed by atoms with E-state index in [4.69, 9.17) is 11.6 Å². The molecular weight excluding hydrogens is 450 g/mol. The number of benzene rings is 1. The van der Waals surface area contributed by atoms with Crippen molar-refractivity contribution in [3.63, 3.8) is 0 Å². The quantitative estimate of drug-likeness (QED) is 0.353. The molecule has 8 nitrogen and oxygen atoms in total. The molecule has 34 heavy (non-hydrogen) atoms. The van der Waals surface area contributed by atoms with Crippen molar-refractivity contribution in [1.82, 2.24) is 24.7 Å². The van der Waals surface area contributed by atoms with Crippen LogP contribution in [0.2, 0.25) is 5.02 Å². The molecular formula is C25H24ClN7O. The van der Waals surface area contributed by atoms with E-state index in [2.05, 4.69) is 53.6 Å². The fraction of sp³-hybridized carbons (Fsp3) is 0.280. The van der Waals surface area contributed by atoms with Gasteiger partial charge in [-0.2, -0.15) is 0 Å². The molecule has 2 atom stereocenters. The molecule has 3 aromatic heterocycles. The molecule has 6 rings (SSSR count). The number of anilines is 2. The van der Waals surface area contributed by atoms with E-state index in [0.717, 1.165) is 23.3 Å². The molecule has 172 valence electrons. The molecule has 2 unspecified atom stereocenters. The van der Waals surface area contributed by atoms with Gasteiger partial charge < -0.3 is 15.0 Å². The van der Waals surface area contributed by atoms with Gasteiger partial charge in [0.2, 0.25) is 0 Å². The summed E-state index contributed by atoms with van der Waals surface area (Å²) in [6.07, 6.45) is 9.08. The van der Waals surface area contributed by atoms with Gasteiger partial charge in [-0.3, -0.25) is 5.32 Å². The minimum atomic E-state index is -0.286. The molecule has 2 aliphatic carbocycles. The highest BCUT2D eigenvalue weighted by Gasteiger charge is 2.39. The van der Waals surface area contributed by atoms with E-state index in [1.807, 2.05) is 30.5 Å². The number of nitrogens with zero attached hydrogens (tertiary/aromatic N) is 4. The Hall–Kier alpha value is -3.65. The smallest absolute Gasteiger partial charge is 0.320 e. The van der Waals surface area contributed by atoms with Crippen molar-refractivity contribution < 1.29 is 4.79 Å². The summed E-state index contributed by atoms with van der Waals surface area (Å²) in [4.78, 5) is 25.5. The maximum atomic E-state index is 12.4. The van der Waals surface area contributed by atoms with Crippen molar-refractivity contribution in [2.75, 3.05) is 10.6 Å². The third-order valence-electron chi connectivity index (χ3n) is 6.32. The number of aromatic nitrogens is 4. The van der Waals surface area contributed by atoms with Crippen LogP contribution in [0.3, 0.4) is 0 Å². The number of imidazole rings is 1. The molecule has 0 saturated heterocycles. The monoisotopic (exact) mass is 473 g/mol. The van der Waals surface area contributed by atoms with Gasteiger partial charge >= 0.3 is 6.03 Å². The van der Waals surface area contributed by atoms with Crippen LogP contribution in [-0.4, -0.2) is 31.4 Å². The summed E-state index contributed by atoms with van der Waals surface area (Å²) in [5.41, 5.74) is 4.36. The molecule has 9 heteroatoms. The van der Waals surface area contributed by atoms with Gasteiger partial charge in [0.05, 0.1) is 12.2 Å². The van der Waals surface area contributed by atoms with Gasteiger partial charge in [0.1, 0.15) is 23.6 Å². The van der Waals surface area contributed by atoms with Gasteiger partial charge in [-0.05, 0) is 54.5 Å². The number of urea groups is 1.